The van der Waals surface area contributed by atoms with Crippen LogP contribution in [0.25, 0.3) is 0 Å². The highest BCUT2D eigenvalue weighted by Gasteiger charge is 2.14. The third-order valence-electron chi connectivity index (χ3n) is 3.82. The smallest absolute Gasteiger partial charge is 0.0964 e. The van der Waals surface area contributed by atoms with Crippen LogP contribution in [0.1, 0.15) is 36.8 Å². The molecule has 0 saturated heterocycles. The monoisotopic (exact) mass is 274 g/mol. The maximum absolute atomic E-state index is 4.52. The first-order valence-corrected chi connectivity index (χ1v) is 7.49. The maximum Gasteiger partial charge on any atom is 0.0964 e. The van der Waals surface area contributed by atoms with Crippen molar-refractivity contribution in [1.29, 1.82) is 0 Å². The predicted molar refractivity (Wildman–Crippen MR) is 76.3 cm³/mol. The summed E-state index contributed by atoms with van der Waals surface area (Å²) in [6, 6.07) is 0. The van der Waals surface area contributed by atoms with E-state index in [1.165, 1.54) is 30.7 Å². The Morgan fingerprint density at radius 1 is 1.25 bits per heavy atom. The lowest BCUT2D eigenvalue weighted by Gasteiger charge is -2.13. The average molecular weight is 274 g/mol. The normalized spacial score (nSPS) is 14.4. The average Bonchev–Trinajstić information content (AvgIpc) is 3.10. The molecule has 0 saturated carbocycles. The van der Waals surface area contributed by atoms with Crippen molar-refractivity contribution >= 4 is 0 Å². The van der Waals surface area contributed by atoms with E-state index in [1.807, 2.05) is 17.2 Å². The number of rotatable bonds is 6. The van der Waals surface area contributed by atoms with Crippen molar-refractivity contribution in [3.63, 3.8) is 0 Å². The minimum atomic E-state index is 0.789. The number of nitrogens with one attached hydrogen (secondary N) is 1. The predicted octanol–water partition coefficient (Wildman–Crippen LogP) is 1.16. The van der Waals surface area contributed by atoms with Crippen LogP contribution < -0.4 is 5.32 Å². The molecular formula is C14H22N6. The molecule has 0 amide bonds. The van der Waals surface area contributed by atoms with Gasteiger partial charge in [0.1, 0.15) is 0 Å². The van der Waals surface area contributed by atoms with E-state index in [2.05, 4.69) is 32.1 Å². The minimum Gasteiger partial charge on any atom is -0.332 e. The van der Waals surface area contributed by atoms with E-state index < -0.39 is 0 Å². The van der Waals surface area contributed by atoms with Gasteiger partial charge in [-0.2, -0.15) is 0 Å². The first-order chi connectivity index (χ1) is 9.86. The van der Waals surface area contributed by atoms with E-state index in [0.717, 1.165) is 38.3 Å². The molecule has 108 valence electrons. The van der Waals surface area contributed by atoms with Gasteiger partial charge in [-0.15, -0.1) is 5.10 Å². The van der Waals surface area contributed by atoms with Gasteiger partial charge in [0.15, 0.2) is 0 Å². The summed E-state index contributed by atoms with van der Waals surface area (Å²) >= 11 is 0. The standard InChI is InChI=1S/C14H22N6/c1-2-15-9-12-10-20(18-17-12)8-7-19-11-16-13-5-3-4-6-14(13)19/h10-11,15H,2-9H2,1H3. The van der Waals surface area contributed by atoms with Gasteiger partial charge in [-0.3, -0.25) is 4.68 Å². The van der Waals surface area contributed by atoms with E-state index in [0.29, 0.717) is 0 Å². The molecule has 0 radical (unpaired) electrons. The number of imidazole rings is 1. The highest BCUT2D eigenvalue weighted by Crippen LogP contribution is 2.19. The Morgan fingerprint density at radius 3 is 3.05 bits per heavy atom. The van der Waals surface area contributed by atoms with Crippen molar-refractivity contribution in [2.45, 2.75) is 52.2 Å². The van der Waals surface area contributed by atoms with Crippen LogP contribution in [0.2, 0.25) is 0 Å². The van der Waals surface area contributed by atoms with Crippen LogP contribution in [0.15, 0.2) is 12.5 Å². The summed E-state index contributed by atoms with van der Waals surface area (Å²) in [6.07, 6.45) is 8.87. The summed E-state index contributed by atoms with van der Waals surface area (Å²) in [7, 11) is 0. The van der Waals surface area contributed by atoms with Crippen LogP contribution >= 0.6 is 0 Å². The molecule has 0 spiro atoms. The maximum atomic E-state index is 4.52. The number of hydrogen-bond acceptors (Lipinski definition) is 4. The van der Waals surface area contributed by atoms with Gasteiger partial charge in [0.2, 0.25) is 0 Å². The highest BCUT2D eigenvalue weighted by molar-refractivity contribution is 5.16. The number of nitrogens with zero attached hydrogens (tertiary/aromatic N) is 5. The van der Waals surface area contributed by atoms with Crippen LogP contribution in [-0.2, 0) is 32.5 Å². The number of fused-ring (bicyclic) bond motifs is 1. The molecule has 2 heterocycles. The van der Waals surface area contributed by atoms with Crippen molar-refractivity contribution in [1.82, 2.24) is 29.9 Å². The summed E-state index contributed by atoms with van der Waals surface area (Å²) in [5.41, 5.74) is 3.71. The molecule has 0 unspecified atom stereocenters. The zero-order valence-corrected chi connectivity index (χ0v) is 12.0. The second kappa shape index (κ2) is 6.17. The molecule has 3 rings (SSSR count). The Morgan fingerprint density at radius 2 is 2.15 bits per heavy atom. The molecule has 0 bridgehead atoms. The van der Waals surface area contributed by atoms with Gasteiger partial charge in [0.05, 0.1) is 24.3 Å². The van der Waals surface area contributed by atoms with E-state index in [1.54, 1.807) is 0 Å². The van der Waals surface area contributed by atoms with Gasteiger partial charge in [0.25, 0.3) is 0 Å². The zero-order chi connectivity index (χ0) is 13.8. The van der Waals surface area contributed by atoms with E-state index >= 15 is 0 Å². The largest absolute Gasteiger partial charge is 0.332 e. The first-order valence-electron chi connectivity index (χ1n) is 7.49. The third-order valence-corrected chi connectivity index (χ3v) is 3.82. The molecule has 1 aliphatic rings. The van der Waals surface area contributed by atoms with E-state index in [-0.39, 0.29) is 0 Å². The van der Waals surface area contributed by atoms with Gasteiger partial charge in [0, 0.05) is 25.0 Å². The van der Waals surface area contributed by atoms with Crippen LogP contribution in [-0.4, -0.2) is 31.1 Å². The topological polar surface area (TPSA) is 60.6 Å². The van der Waals surface area contributed by atoms with Crippen molar-refractivity contribution in [2.75, 3.05) is 6.54 Å². The SMILES string of the molecule is CCNCc1cn(CCn2cnc3c2CCCC3)nn1. The summed E-state index contributed by atoms with van der Waals surface area (Å²) in [5.74, 6) is 0. The molecule has 0 atom stereocenters. The molecule has 20 heavy (non-hydrogen) atoms. The van der Waals surface area contributed by atoms with Crippen LogP contribution in [0, 0.1) is 0 Å². The third kappa shape index (κ3) is 2.90. The Bertz CT molecular complexity index is 556. The van der Waals surface area contributed by atoms with Crippen LogP contribution in [0.5, 0.6) is 0 Å². The zero-order valence-electron chi connectivity index (χ0n) is 12.0. The van der Waals surface area contributed by atoms with Gasteiger partial charge in [-0.05, 0) is 32.2 Å². The summed E-state index contributed by atoms with van der Waals surface area (Å²) in [6.45, 7) is 5.60. The Balaban J connectivity index is 1.59. The summed E-state index contributed by atoms with van der Waals surface area (Å²) in [5, 5.41) is 11.6. The van der Waals surface area contributed by atoms with Gasteiger partial charge < -0.3 is 9.88 Å². The molecule has 2 aromatic rings. The molecule has 0 aromatic carbocycles. The lowest BCUT2D eigenvalue weighted by atomic mass is 10.0. The second-order valence-corrected chi connectivity index (χ2v) is 5.29. The Labute approximate surface area is 119 Å². The van der Waals surface area contributed by atoms with Crippen LogP contribution in [0.4, 0.5) is 0 Å². The second-order valence-electron chi connectivity index (χ2n) is 5.29. The quantitative estimate of drug-likeness (QED) is 0.859. The van der Waals surface area contributed by atoms with Gasteiger partial charge >= 0.3 is 0 Å². The highest BCUT2D eigenvalue weighted by atomic mass is 15.4. The molecule has 6 nitrogen and oxygen atoms in total. The van der Waals surface area contributed by atoms with Gasteiger partial charge in [-0.1, -0.05) is 12.1 Å². The molecule has 1 aliphatic carbocycles. The fraction of sp³-hybridized carbons (Fsp3) is 0.643. The molecule has 0 fully saturated rings. The molecule has 2 aromatic heterocycles. The molecular weight excluding hydrogens is 252 g/mol. The number of aromatic nitrogens is 5. The first kappa shape index (κ1) is 13.3. The fourth-order valence-electron chi connectivity index (χ4n) is 2.72. The summed E-state index contributed by atoms with van der Waals surface area (Å²) < 4.78 is 4.20. The van der Waals surface area contributed by atoms with Crippen molar-refractivity contribution in [2.24, 2.45) is 0 Å². The minimum absolute atomic E-state index is 0.789. The van der Waals surface area contributed by atoms with Crippen molar-refractivity contribution in [3.05, 3.63) is 29.6 Å². The number of hydrogen-bond donors (Lipinski definition) is 1. The summed E-state index contributed by atoms with van der Waals surface area (Å²) in [4.78, 5) is 4.52. The van der Waals surface area contributed by atoms with E-state index in [4.69, 9.17) is 0 Å². The lowest BCUT2D eigenvalue weighted by Crippen LogP contribution is -2.13. The molecule has 0 aliphatic heterocycles. The fourth-order valence-corrected chi connectivity index (χ4v) is 2.72. The molecule has 1 N–H and O–H groups in total. The lowest BCUT2D eigenvalue weighted by molar-refractivity contribution is 0.502. The number of aryl methyl sites for hydroxylation is 3. The van der Waals surface area contributed by atoms with Crippen molar-refractivity contribution < 1.29 is 0 Å². The van der Waals surface area contributed by atoms with Gasteiger partial charge in [-0.25, -0.2) is 4.98 Å². The van der Waals surface area contributed by atoms with E-state index in [9.17, 15) is 0 Å². The Hall–Kier alpha value is -1.69. The Kier molecular flexibility index (Phi) is 4.11. The van der Waals surface area contributed by atoms with Crippen molar-refractivity contribution in [3.8, 4) is 0 Å². The molecule has 6 heteroatoms. The van der Waals surface area contributed by atoms with Crippen LogP contribution in [0.3, 0.4) is 0 Å².